The van der Waals surface area contributed by atoms with Crippen LogP contribution < -0.4 is 4.90 Å². The van der Waals surface area contributed by atoms with Crippen LogP contribution in [0.15, 0.2) is 48.3 Å². The lowest BCUT2D eigenvalue weighted by Gasteiger charge is -2.27. The summed E-state index contributed by atoms with van der Waals surface area (Å²) in [5, 5.41) is 1.46. The van der Waals surface area contributed by atoms with Gasteiger partial charge in [-0.1, -0.05) is 31.2 Å². The maximum absolute atomic E-state index is 13.6. The van der Waals surface area contributed by atoms with Gasteiger partial charge < -0.3 is 19.1 Å². The maximum Gasteiger partial charge on any atom is 0.281 e. The first-order valence-electron chi connectivity index (χ1n) is 12.7. The molecule has 0 bridgehead atoms. The quantitative estimate of drug-likeness (QED) is 0.374. The van der Waals surface area contributed by atoms with Gasteiger partial charge in [0.15, 0.2) is 5.11 Å². The Bertz CT molecular complexity index is 1430. The molecule has 0 aliphatic carbocycles. The normalized spacial score (nSPS) is 17.5. The van der Waals surface area contributed by atoms with Crippen molar-refractivity contribution < 1.29 is 14.3 Å². The lowest BCUT2D eigenvalue weighted by atomic mass is 10.1. The number of para-hydroxylation sites is 1. The van der Waals surface area contributed by atoms with Crippen molar-refractivity contribution in [3.8, 4) is 0 Å². The number of thiocarbonyl (C=S) groups is 1. The second-order valence-electron chi connectivity index (χ2n) is 9.65. The molecule has 8 heteroatoms. The van der Waals surface area contributed by atoms with Gasteiger partial charge >= 0.3 is 0 Å². The van der Waals surface area contributed by atoms with Crippen LogP contribution in [-0.2, 0) is 27.3 Å². The van der Waals surface area contributed by atoms with Crippen LogP contribution in [0.5, 0.6) is 0 Å². The van der Waals surface area contributed by atoms with E-state index in [9.17, 15) is 9.59 Å². The molecule has 192 valence electrons. The first kappa shape index (κ1) is 25.2. The molecule has 3 heterocycles. The summed E-state index contributed by atoms with van der Waals surface area (Å²) in [5.74, 6) is -0.0887. The number of fused-ring (bicyclic) bond motifs is 1. The van der Waals surface area contributed by atoms with E-state index in [0.717, 1.165) is 45.3 Å². The Hall–Kier alpha value is -3.49. The highest BCUT2D eigenvalue weighted by atomic mass is 32.1. The van der Waals surface area contributed by atoms with Crippen molar-refractivity contribution >= 4 is 51.8 Å². The van der Waals surface area contributed by atoms with Crippen molar-refractivity contribution in [2.45, 2.75) is 33.7 Å². The van der Waals surface area contributed by atoms with Crippen LogP contribution in [0.1, 0.15) is 29.2 Å². The average molecular weight is 517 g/mol. The number of aryl methyl sites for hydroxylation is 3. The van der Waals surface area contributed by atoms with E-state index in [1.165, 1.54) is 0 Å². The smallest absolute Gasteiger partial charge is 0.281 e. The highest BCUT2D eigenvalue weighted by Crippen LogP contribution is 2.32. The number of morpholine rings is 1. The van der Waals surface area contributed by atoms with E-state index in [4.69, 9.17) is 17.0 Å². The van der Waals surface area contributed by atoms with E-state index >= 15 is 0 Å². The number of hydrogen-bond donors (Lipinski definition) is 0. The van der Waals surface area contributed by atoms with E-state index in [0.29, 0.717) is 37.1 Å². The number of hydrogen-bond acceptors (Lipinski definition) is 4. The van der Waals surface area contributed by atoms with E-state index in [1.807, 2.05) is 66.9 Å². The zero-order valence-electron chi connectivity index (χ0n) is 21.8. The molecule has 37 heavy (non-hydrogen) atoms. The molecule has 1 aromatic heterocycles. The average Bonchev–Trinajstić information content (AvgIpc) is 3.35. The Balaban J connectivity index is 1.54. The molecule has 0 N–H and O–H groups in total. The number of nitrogens with zero attached hydrogens (tertiary/aromatic N) is 4. The minimum atomic E-state index is -0.160. The van der Waals surface area contributed by atoms with Gasteiger partial charge in [0.1, 0.15) is 12.2 Å². The molecular weight excluding hydrogens is 484 g/mol. The van der Waals surface area contributed by atoms with Gasteiger partial charge in [-0.15, -0.1) is 0 Å². The highest BCUT2D eigenvalue weighted by molar-refractivity contribution is 7.80. The van der Waals surface area contributed by atoms with Gasteiger partial charge in [-0.3, -0.25) is 14.5 Å². The van der Waals surface area contributed by atoms with E-state index < -0.39 is 0 Å². The molecular formula is C29H32N4O3S. The number of likely N-dealkylation sites (N-methyl/N-ethyl adjacent to an activating group) is 1. The number of ether oxygens (including phenoxy) is 1. The van der Waals surface area contributed by atoms with Gasteiger partial charge in [-0.2, -0.15) is 0 Å². The van der Waals surface area contributed by atoms with Gasteiger partial charge in [-0.05, 0) is 67.4 Å². The first-order valence-corrected chi connectivity index (χ1v) is 13.1. The molecule has 2 saturated heterocycles. The summed E-state index contributed by atoms with van der Waals surface area (Å²) in [5.41, 5.74) is 6.61. The van der Waals surface area contributed by atoms with Crippen molar-refractivity contribution in [3.63, 3.8) is 0 Å². The summed E-state index contributed by atoms with van der Waals surface area (Å²) in [4.78, 5) is 31.9. The topological polar surface area (TPSA) is 58.0 Å². The number of amides is 2. The summed E-state index contributed by atoms with van der Waals surface area (Å²) in [7, 11) is 1.83. The molecule has 0 saturated carbocycles. The summed E-state index contributed by atoms with van der Waals surface area (Å²) in [6, 6.07) is 12.1. The van der Waals surface area contributed by atoms with Crippen LogP contribution in [0, 0.1) is 13.8 Å². The molecule has 2 aliphatic heterocycles. The Labute approximate surface area is 222 Å². The van der Waals surface area contributed by atoms with Gasteiger partial charge in [0, 0.05) is 37.3 Å². The number of carbonyl (C=O) groups excluding carboxylic acids is 2. The molecule has 2 fully saturated rings. The monoisotopic (exact) mass is 516 g/mol. The maximum atomic E-state index is 13.6. The summed E-state index contributed by atoms with van der Waals surface area (Å²) < 4.78 is 7.43. The van der Waals surface area contributed by atoms with Crippen LogP contribution in [0.4, 0.5) is 5.69 Å². The van der Waals surface area contributed by atoms with Crippen molar-refractivity contribution in [1.29, 1.82) is 0 Å². The Morgan fingerprint density at radius 3 is 2.57 bits per heavy atom. The van der Waals surface area contributed by atoms with E-state index in [2.05, 4.69) is 19.1 Å². The fourth-order valence-corrected chi connectivity index (χ4v) is 5.33. The van der Waals surface area contributed by atoms with Gasteiger partial charge in [0.05, 0.1) is 24.4 Å². The molecule has 0 radical (unpaired) electrons. The minimum absolute atomic E-state index is 0.0708. The number of aromatic nitrogens is 1. The van der Waals surface area contributed by atoms with Gasteiger partial charge in [0.25, 0.3) is 5.91 Å². The molecule has 2 aliphatic rings. The zero-order valence-corrected chi connectivity index (χ0v) is 22.6. The fourth-order valence-electron chi connectivity index (χ4n) is 5.05. The second kappa shape index (κ2) is 10.1. The SMILES string of the molecule is CCc1cccc2c(/C=C3/C(=O)N(c4ccc(C)c(C)c4)C(=S)N3C)cn(CC(=O)N3CCOCC3)c12. The minimum Gasteiger partial charge on any atom is -0.378 e. The predicted octanol–water partition coefficient (Wildman–Crippen LogP) is 4.28. The Morgan fingerprint density at radius 1 is 1.11 bits per heavy atom. The lowest BCUT2D eigenvalue weighted by Crippen LogP contribution is -2.42. The summed E-state index contributed by atoms with van der Waals surface area (Å²) in [6.45, 7) is 8.80. The number of benzene rings is 2. The standard InChI is InChI=1S/C29H32N4O3S/c1-5-21-7-6-8-24-22(17-32(27(21)24)18-26(34)31-11-13-36-14-12-31)16-25-28(35)33(29(37)30(25)4)23-10-9-19(2)20(3)15-23/h6-10,15-17H,5,11-14,18H2,1-4H3/b25-16-. The Morgan fingerprint density at radius 2 is 1.86 bits per heavy atom. The van der Waals surface area contributed by atoms with Gasteiger partial charge in [-0.25, -0.2) is 0 Å². The molecule has 7 nitrogen and oxygen atoms in total. The molecule has 0 atom stereocenters. The second-order valence-corrected chi connectivity index (χ2v) is 10.0. The molecule has 3 aromatic rings. The number of rotatable bonds is 5. The first-order chi connectivity index (χ1) is 17.8. The predicted molar refractivity (Wildman–Crippen MR) is 150 cm³/mol. The van der Waals surface area contributed by atoms with Crippen LogP contribution in [-0.4, -0.2) is 64.6 Å². The van der Waals surface area contributed by atoms with Crippen molar-refractivity contribution in [2.75, 3.05) is 38.3 Å². The van der Waals surface area contributed by atoms with Gasteiger partial charge in [0.2, 0.25) is 5.91 Å². The van der Waals surface area contributed by atoms with Crippen molar-refractivity contribution in [3.05, 3.63) is 70.5 Å². The molecule has 2 amide bonds. The number of anilines is 1. The molecule has 2 aromatic carbocycles. The molecule has 5 rings (SSSR count). The number of carbonyl (C=O) groups is 2. The summed E-state index contributed by atoms with van der Waals surface area (Å²) in [6.07, 6.45) is 4.72. The molecule has 0 unspecified atom stereocenters. The van der Waals surface area contributed by atoms with E-state index in [1.54, 1.807) is 9.80 Å². The Kier molecular flexibility index (Phi) is 6.88. The highest BCUT2D eigenvalue weighted by Gasteiger charge is 2.37. The van der Waals surface area contributed by atoms with Crippen LogP contribution in [0.2, 0.25) is 0 Å². The summed E-state index contributed by atoms with van der Waals surface area (Å²) >= 11 is 5.69. The third-order valence-electron chi connectivity index (χ3n) is 7.37. The largest absolute Gasteiger partial charge is 0.378 e. The molecule has 0 spiro atoms. The lowest BCUT2D eigenvalue weighted by molar-refractivity contribution is -0.135. The van der Waals surface area contributed by atoms with Crippen LogP contribution in [0.25, 0.3) is 17.0 Å². The third-order valence-corrected chi connectivity index (χ3v) is 7.82. The fraction of sp³-hybridized carbons (Fsp3) is 0.345. The zero-order chi connectivity index (χ0) is 26.3. The third kappa shape index (κ3) is 4.55. The van der Waals surface area contributed by atoms with Crippen LogP contribution in [0.3, 0.4) is 0 Å². The van der Waals surface area contributed by atoms with E-state index in [-0.39, 0.29) is 18.4 Å². The van der Waals surface area contributed by atoms with Crippen LogP contribution >= 0.6 is 12.2 Å². The van der Waals surface area contributed by atoms with Crippen molar-refractivity contribution in [1.82, 2.24) is 14.4 Å². The van der Waals surface area contributed by atoms with Crippen molar-refractivity contribution in [2.24, 2.45) is 0 Å².